The zero-order valence-electron chi connectivity index (χ0n) is 25.5. The van der Waals surface area contributed by atoms with E-state index in [0.717, 1.165) is 33.7 Å². The Labute approximate surface area is 267 Å². The molecule has 0 amide bonds. The summed E-state index contributed by atoms with van der Waals surface area (Å²) in [6, 6.07) is 41.8. The van der Waals surface area contributed by atoms with E-state index in [2.05, 4.69) is 110 Å². The molecular weight excluding hydrogens is 564 g/mol. The molecule has 0 radical (unpaired) electrons. The first-order valence-electron chi connectivity index (χ1n) is 15.3. The van der Waals surface area contributed by atoms with Gasteiger partial charge in [-0.3, -0.25) is 9.98 Å². The van der Waals surface area contributed by atoms with Crippen LogP contribution in [0.1, 0.15) is 18.1 Å². The van der Waals surface area contributed by atoms with Gasteiger partial charge in [0.2, 0.25) is 0 Å². The molecule has 6 heteroatoms. The molecule has 0 unspecified atom stereocenters. The lowest BCUT2D eigenvalue weighted by atomic mass is 10.1. The van der Waals surface area contributed by atoms with Gasteiger partial charge in [0, 0.05) is 34.6 Å². The zero-order chi connectivity index (χ0) is 31.1. The fourth-order valence-electron chi connectivity index (χ4n) is 5.61. The Kier molecular flexibility index (Phi) is 8.24. The normalized spacial score (nSPS) is 12.8. The molecule has 0 saturated heterocycles. The highest BCUT2D eigenvalue weighted by molar-refractivity contribution is 6.09. The van der Waals surface area contributed by atoms with Gasteiger partial charge in [-0.2, -0.15) is 0 Å². The largest absolute Gasteiger partial charge is 0.309 e. The van der Waals surface area contributed by atoms with Gasteiger partial charge in [0.1, 0.15) is 5.52 Å². The summed E-state index contributed by atoms with van der Waals surface area (Å²) in [6.07, 6.45) is 13.4. The van der Waals surface area contributed by atoms with E-state index in [0.29, 0.717) is 6.54 Å². The fraction of sp³-hybridized carbons (Fsp3) is 0.0500. The average Bonchev–Trinajstić information content (AvgIpc) is 3.68. The molecule has 0 saturated carbocycles. The summed E-state index contributed by atoms with van der Waals surface area (Å²) in [7, 11) is 0. The number of allylic oxidation sites excluding steroid dienone is 5. The van der Waals surface area contributed by atoms with Crippen molar-refractivity contribution in [1.82, 2.24) is 19.6 Å². The standard InChI is InChI=1S/C40H32N6/c1-30(32-21-23-34(24-22-32)46-39-19-11-9-17-37(39)43-44-46)42-27-13-4-2-3-12-26-41-29-31-20-25-36-35-16-8-10-18-38(35)45(40(36)28-31)33-14-6-5-7-15-33/h2-28H,29H2,1H3/b4-2-,12-3+,27-13-,41-26?,42-30?. The van der Waals surface area contributed by atoms with E-state index in [9.17, 15) is 0 Å². The predicted octanol–water partition coefficient (Wildman–Crippen LogP) is 9.22. The van der Waals surface area contributed by atoms with Gasteiger partial charge in [0.25, 0.3) is 0 Å². The molecule has 6 nitrogen and oxygen atoms in total. The van der Waals surface area contributed by atoms with Crippen molar-refractivity contribution in [3.05, 3.63) is 169 Å². The molecule has 222 valence electrons. The molecule has 7 rings (SSSR count). The van der Waals surface area contributed by atoms with Crippen LogP contribution in [0.2, 0.25) is 0 Å². The third kappa shape index (κ3) is 5.97. The highest BCUT2D eigenvalue weighted by atomic mass is 15.4. The lowest BCUT2D eigenvalue weighted by Gasteiger charge is -2.08. The Bertz CT molecular complexity index is 2280. The maximum atomic E-state index is 4.63. The Morgan fingerprint density at radius 1 is 0.652 bits per heavy atom. The second kappa shape index (κ2) is 13.2. The molecule has 0 bridgehead atoms. The van der Waals surface area contributed by atoms with Crippen molar-refractivity contribution < 1.29 is 0 Å². The first kappa shape index (κ1) is 28.6. The molecular formula is C40H32N6. The first-order chi connectivity index (χ1) is 22.8. The van der Waals surface area contributed by atoms with E-state index >= 15 is 0 Å². The lowest BCUT2D eigenvalue weighted by molar-refractivity contribution is 0.824. The lowest BCUT2D eigenvalue weighted by Crippen LogP contribution is -1.99. The quantitative estimate of drug-likeness (QED) is 0.123. The van der Waals surface area contributed by atoms with Crippen LogP contribution in [0.5, 0.6) is 0 Å². The van der Waals surface area contributed by atoms with Crippen molar-refractivity contribution in [3.8, 4) is 11.4 Å². The minimum absolute atomic E-state index is 0.616. The van der Waals surface area contributed by atoms with Crippen molar-refractivity contribution in [1.29, 1.82) is 0 Å². The number of aromatic nitrogens is 4. The van der Waals surface area contributed by atoms with Gasteiger partial charge in [-0.25, -0.2) is 4.68 Å². The second-order valence-electron chi connectivity index (χ2n) is 10.9. The van der Waals surface area contributed by atoms with Gasteiger partial charge >= 0.3 is 0 Å². The molecule has 0 spiro atoms. The SMILES string of the molecule is CC(=N\C=C/C=C\C=C\C=NCc1ccc2c3ccccc3n(-c3ccccc3)c2c1)c1ccc(-n2nnc3ccccc32)cc1. The molecule has 0 N–H and O–H groups in total. The highest BCUT2D eigenvalue weighted by Crippen LogP contribution is 2.32. The van der Waals surface area contributed by atoms with E-state index in [1.807, 2.05) is 84.6 Å². The number of nitrogens with zero attached hydrogens (tertiary/aromatic N) is 6. The summed E-state index contributed by atoms with van der Waals surface area (Å²) in [4.78, 5) is 9.21. The van der Waals surface area contributed by atoms with Crippen molar-refractivity contribution in [2.75, 3.05) is 0 Å². The number of hydrogen-bond donors (Lipinski definition) is 0. The monoisotopic (exact) mass is 596 g/mol. The fourth-order valence-corrected chi connectivity index (χ4v) is 5.61. The number of fused-ring (bicyclic) bond motifs is 4. The van der Waals surface area contributed by atoms with Crippen molar-refractivity contribution in [2.45, 2.75) is 13.5 Å². The minimum atomic E-state index is 0.616. The van der Waals surface area contributed by atoms with Crippen LogP contribution in [-0.4, -0.2) is 31.5 Å². The average molecular weight is 597 g/mol. The van der Waals surface area contributed by atoms with Crippen LogP contribution >= 0.6 is 0 Å². The van der Waals surface area contributed by atoms with Crippen LogP contribution in [0.15, 0.2) is 168 Å². The number of aliphatic imine (C=N–C) groups is 2. The Morgan fingerprint density at radius 3 is 2.24 bits per heavy atom. The zero-order valence-corrected chi connectivity index (χ0v) is 25.5. The molecule has 0 fully saturated rings. The maximum Gasteiger partial charge on any atom is 0.113 e. The van der Waals surface area contributed by atoms with E-state index in [1.165, 1.54) is 27.4 Å². The van der Waals surface area contributed by atoms with Crippen molar-refractivity contribution in [3.63, 3.8) is 0 Å². The Hall–Kier alpha value is -6.14. The summed E-state index contributed by atoms with van der Waals surface area (Å²) in [5, 5.41) is 11.0. The molecule has 0 aliphatic carbocycles. The van der Waals surface area contributed by atoms with Crippen LogP contribution in [0.4, 0.5) is 0 Å². The van der Waals surface area contributed by atoms with Crippen LogP contribution in [0.3, 0.4) is 0 Å². The van der Waals surface area contributed by atoms with Gasteiger partial charge in [-0.15, -0.1) is 5.10 Å². The van der Waals surface area contributed by atoms with Gasteiger partial charge in [-0.1, -0.05) is 96.2 Å². The van der Waals surface area contributed by atoms with Gasteiger partial charge in [-0.05, 0) is 78.7 Å². The smallest absolute Gasteiger partial charge is 0.113 e. The van der Waals surface area contributed by atoms with E-state index in [-0.39, 0.29) is 0 Å². The van der Waals surface area contributed by atoms with Crippen molar-refractivity contribution in [2.24, 2.45) is 9.98 Å². The summed E-state index contributed by atoms with van der Waals surface area (Å²) >= 11 is 0. The predicted molar refractivity (Wildman–Crippen MR) is 191 cm³/mol. The maximum absolute atomic E-state index is 4.63. The van der Waals surface area contributed by atoms with E-state index in [4.69, 9.17) is 0 Å². The summed E-state index contributed by atoms with van der Waals surface area (Å²) in [6.45, 7) is 2.62. The van der Waals surface area contributed by atoms with Crippen LogP contribution in [0.25, 0.3) is 44.2 Å². The van der Waals surface area contributed by atoms with Gasteiger partial charge in [0.15, 0.2) is 0 Å². The molecule has 2 heterocycles. The molecule has 0 aliphatic heterocycles. The van der Waals surface area contributed by atoms with Crippen LogP contribution < -0.4 is 0 Å². The third-order valence-electron chi connectivity index (χ3n) is 7.90. The topological polar surface area (TPSA) is 60.4 Å². The molecule has 0 aliphatic rings. The molecule has 7 aromatic rings. The Morgan fingerprint density at radius 2 is 1.37 bits per heavy atom. The summed E-state index contributed by atoms with van der Waals surface area (Å²) < 4.78 is 4.18. The number of para-hydroxylation sites is 3. The highest BCUT2D eigenvalue weighted by Gasteiger charge is 2.12. The number of benzene rings is 5. The summed E-state index contributed by atoms with van der Waals surface area (Å²) in [5.41, 5.74) is 9.55. The summed E-state index contributed by atoms with van der Waals surface area (Å²) in [5.74, 6) is 0. The molecule has 2 aromatic heterocycles. The van der Waals surface area contributed by atoms with Crippen molar-refractivity contribution >= 4 is 44.8 Å². The molecule has 5 aromatic carbocycles. The first-order valence-corrected chi connectivity index (χ1v) is 15.3. The number of rotatable bonds is 9. The van der Waals surface area contributed by atoms with Crippen LogP contribution in [0, 0.1) is 0 Å². The Balaban J connectivity index is 0.950. The van der Waals surface area contributed by atoms with E-state index in [1.54, 1.807) is 6.20 Å². The third-order valence-corrected chi connectivity index (χ3v) is 7.90. The number of hydrogen-bond acceptors (Lipinski definition) is 4. The molecule has 0 atom stereocenters. The van der Waals surface area contributed by atoms with Gasteiger partial charge in [0.05, 0.1) is 28.8 Å². The van der Waals surface area contributed by atoms with Gasteiger partial charge < -0.3 is 4.57 Å². The second-order valence-corrected chi connectivity index (χ2v) is 10.9. The molecule has 46 heavy (non-hydrogen) atoms. The minimum Gasteiger partial charge on any atom is -0.309 e. The van der Waals surface area contributed by atoms with E-state index < -0.39 is 0 Å². The van der Waals surface area contributed by atoms with Crippen LogP contribution in [-0.2, 0) is 6.54 Å².